The molecule has 0 radical (unpaired) electrons. The van der Waals surface area contributed by atoms with Crippen molar-refractivity contribution in [2.24, 2.45) is 0 Å². The Morgan fingerprint density at radius 3 is 2.47 bits per heavy atom. The van der Waals surface area contributed by atoms with Gasteiger partial charge in [0.15, 0.2) is 6.23 Å². The van der Waals surface area contributed by atoms with E-state index in [4.69, 9.17) is 29.5 Å². The molecule has 16 nitrogen and oxygen atoms in total. The molecule has 20 heteroatoms. The molecule has 7 N–H and O–H groups in total. The van der Waals surface area contributed by atoms with E-state index in [9.17, 15) is 28.8 Å². The Morgan fingerprint density at radius 1 is 1.30 bits per heavy atom. The maximum absolute atomic E-state index is 12.0. The van der Waals surface area contributed by atoms with Crippen LogP contribution in [0.3, 0.4) is 0 Å². The van der Waals surface area contributed by atoms with Crippen molar-refractivity contribution in [2.75, 3.05) is 19.5 Å². The molecule has 1 aromatic rings. The number of nitrogens with zero attached hydrogens (tertiary/aromatic N) is 2. The molecule has 1 aliphatic heterocycles. The molecular weight excluding hydrogens is 495 g/mol. The molecule has 2 rings (SSSR count). The minimum absolute atomic E-state index is 0.0484. The second-order valence-corrected chi connectivity index (χ2v) is 11.5. The van der Waals surface area contributed by atoms with Crippen LogP contribution in [0.25, 0.3) is 0 Å². The van der Waals surface area contributed by atoms with E-state index in [1.54, 1.807) is 0 Å². The highest BCUT2D eigenvalue weighted by atomic mass is 32.5. The number of hydrogen-bond donors (Lipinski definition) is 6. The molecule has 0 saturated carbocycles. The van der Waals surface area contributed by atoms with Gasteiger partial charge >= 0.3 is 28.1 Å². The average molecular weight is 513 g/mol. The molecule has 2 heterocycles. The minimum Gasteiger partial charge on any atom is -0.387 e. The largest absolute Gasteiger partial charge is 0.488 e. The van der Waals surface area contributed by atoms with Gasteiger partial charge in [0.1, 0.15) is 24.1 Å². The average Bonchev–Trinajstić information content (AvgIpc) is 2.85. The van der Waals surface area contributed by atoms with Crippen molar-refractivity contribution < 1.29 is 56.4 Å². The second kappa shape index (κ2) is 9.48. The Morgan fingerprint density at radius 2 is 1.93 bits per heavy atom. The lowest BCUT2D eigenvalue weighted by Gasteiger charge is -2.21. The fourth-order valence-electron chi connectivity index (χ4n) is 2.43. The van der Waals surface area contributed by atoms with Crippen LogP contribution < -0.4 is 11.4 Å². The van der Waals surface area contributed by atoms with Gasteiger partial charge in [-0.1, -0.05) is 0 Å². The van der Waals surface area contributed by atoms with Gasteiger partial charge in [0, 0.05) is 13.3 Å². The highest BCUT2D eigenvalue weighted by Crippen LogP contribution is 2.66. The number of ether oxygens (including phenoxy) is 2. The molecule has 1 saturated heterocycles. The zero-order chi connectivity index (χ0) is 22.9. The van der Waals surface area contributed by atoms with Crippen LogP contribution in [0.5, 0.6) is 0 Å². The predicted molar refractivity (Wildman–Crippen MR) is 100 cm³/mol. The van der Waals surface area contributed by atoms with E-state index in [0.29, 0.717) is 0 Å². The van der Waals surface area contributed by atoms with Crippen LogP contribution in [0.2, 0.25) is 0 Å². The van der Waals surface area contributed by atoms with Gasteiger partial charge < -0.3 is 44.4 Å². The summed E-state index contributed by atoms with van der Waals surface area (Å²) in [5.41, 5.74) is 4.61. The second-order valence-electron chi connectivity index (χ2n) is 5.69. The van der Waals surface area contributed by atoms with Gasteiger partial charge in [0.25, 0.3) is 0 Å². The number of aliphatic hydroxyl groups excluding tert-OH is 1. The number of methoxy groups -OCH3 is 1. The Hall–Kier alpha value is -0.610. The summed E-state index contributed by atoms with van der Waals surface area (Å²) < 4.78 is 46.1. The molecule has 0 spiro atoms. The van der Waals surface area contributed by atoms with Gasteiger partial charge in [-0.25, -0.2) is 18.2 Å². The van der Waals surface area contributed by atoms with Crippen LogP contribution in [-0.2, 0) is 43.6 Å². The molecule has 0 aliphatic carbocycles. The molecule has 1 fully saturated rings. The number of anilines is 1. The normalized spacial score (nSPS) is 28.7. The monoisotopic (exact) mass is 513 g/mol. The van der Waals surface area contributed by atoms with Crippen molar-refractivity contribution in [3.8, 4) is 0 Å². The Kier molecular flexibility index (Phi) is 8.11. The summed E-state index contributed by atoms with van der Waals surface area (Å²) in [5, 5.41) is 10.3. The van der Waals surface area contributed by atoms with Crippen LogP contribution in [0.15, 0.2) is 17.1 Å². The number of aliphatic hydroxyl groups is 1. The number of nitrogens with two attached hydrogens (primary N) is 1. The number of phosphoric acid groups is 2. The summed E-state index contributed by atoms with van der Waals surface area (Å²) >= 11 is 4.48. The third kappa shape index (κ3) is 6.95. The zero-order valence-electron chi connectivity index (χ0n) is 14.9. The lowest BCUT2D eigenvalue weighted by molar-refractivity contribution is -0.0609. The van der Waals surface area contributed by atoms with Gasteiger partial charge in [-0.15, -0.1) is 0 Å². The first-order chi connectivity index (χ1) is 13.6. The first-order valence-electron chi connectivity index (χ1n) is 7.63. The first kappa shape index (κ1) is 25.6. The van der Waals surface area contributed by atoms with Gasteiger partial charge in [-0.2, -0.15) is 9.29 Å². The van der Waals surface area contributed by atoms with Crippen molar-refractivity contribution in [1.29, 1.82) is 0 Å². The molecule has 1 aromatic heterocycles. The zero-order valence-corrected chi connectivity index (χ0v) is 18.4. The number of rotatable bonds is 9. The molecule has 6 atom stereocenters. The fraction of sp³-hybridized carbons (Fsp3) is 0.600. The Labute approximate surface area is 173 Å². The van der Waals surface area contributed by atoms with Gasteiger partial charge in [0.05, 0.1) is 6.61 Å². The molecule has 172 valence electrons. The van der Waals surface area contributed by atoms with E-state index < -0.39 is 59.2 Å². The highest BCUT2D eigenvalue weighted by molar-refractivity contribution is 8.08. The third-order valence-corrected chi connectivity index (χ3v) is 8.25. The molecule has 0 aromatic carbocycles. The van der Waals surface area contributed by atoms with Crippen LogP contribution in [0, 0.1) is 0 Å². The van der Waals surface area contributed by atoms with E-state index in [1.165, 1.54) is 19.4 Å². The van der Waals surface area contributed by atoms with E-state index in [1.807, 2.05) is 0 Å². The lowest BCUT2D eigenvalue weighted by Crippen LogP contribution is -2.37. The summed E-state index contributed by atoms with van der Waals surface area (Å²) in [5.74, 6) is -0.0484. The first-order valence-corrected chi connectivity index (χ1v) is 13.2. The van der Waals surface area contributed by atoms with Crippen LogP contribution in [0.1, 0.15) is 6.23 Å². The third-order valence-electron chi connectivity index (χ3n) is 3.53. The predicted octanol–water partition coefficient (Wildman–Crippen LogP) is -1.44. The van der Waals surface area contributed by atoms with Crippen molar-refractivity contribution in [2.45, 2.75) is 24.5 Å². The summed E-state index contributed by atoms with van der Waals surface area (Å²) in [6.07, 6.45) is -3.73. The van der Waals surface area contributed by atoms with Gasteiger partial charge in [0.2, 0.25) is 0 Å². The molecule has 1 aliphatic rings. The number of hydrogen-bond acceptors (Lipinski definition) is 12. The fourth-order valence-corrected chi connectivity index (χ4v) is 6.40. The molecule has 30 heavy (non-hydrogen) atoms. The number of aromatic nitrogens is 2. The van der Waals surface area contributed by atoms with Crippen molar-refractivity contribution in [3.05, 3.63) is 22.7 Å². The van der Waals surface area contributed by atoms with Crippen molar-refractivity contribution in [3.63, 3.8) is 0 Å². The van der Waals surface area contributed by atoms with Crippen LogP contribution in [0.4, 0.5) is 5.82 Å². The SMILES string of the molecule is CO[C@@H]1[C@H](O)[C@@H](COP(O)(=S)OP(=O)(O)OP(=O)(O)O)O[C@H]1n1ccc(N)nc1=O. The van der Waals surface area contributed by atoms with E-state index in [-0.39, 0.29) is 5.82 Å². The Bertz CT molecular complexity index is 968. The summed E-state index contributed by atoms with van der Waals surface area (Å²) in [6.45, 7) is -5.32. The quantitative estimate of drug-likeness (QED) is 0.207. The van der Waals surface area contributed by atoms with E-state index in [2.05, 4.69) is 25.4 Å². The van der Waals surface area contributed by atoms with Crippen molar-refractivity contribution in [1.82, 2.24) is 9.55 Å². The minimum atomic E-state index is -5.49. The highest BCUT2D eigenvalue weighted by Gasteiger charge is 2.47. The smallest absolute Gasteiger partial charge is 0.387 e. The van der Waals surface area contributed by atoms with Crippen LogP contribution in [-0.4, -0.2) is 66.3 Å². The molecule has 0 amide bonds. The van der Waals surface area contributed by atoms with Gasteiger partial charge in [-0.05, 0) is 17.9 Å². The molecule has 0 bridgehead atoms. The number of nitrogen functional groups attached to an aromatic ring is 1. The van der Waals surface area contributed by atoms with Crippen molar-refractivity contribution >= 4 is 40.0 Å². The molecule has 2 unspecified atom stereocenters. The van der Waals surface area contributed by atoms with Gasteiger partial charge in [-0.3, -0.25) is 4.57 Å². The van der Waals surface area contributed by atoms with E-state index in [0.717, 1.165) is 4.57 Å². The lowest BCUT2D eigenvalue weighted by atomic mass is 10.1. The standard InChI is InChI=1S/C10H18N3O13P3S/c1-22-8-7(14)5(24-9(8)13-3-2-6(11)12-10(13)15)4-23-29(21,30)26-28(19,20)25-27(16,17)18/h2-3,5,7-9,14H,4H2,1H3,(H,19,20)(H,21,30)(H2,11,12,15)(H2,16,17,18)/t5-,7-,8-,9-,29?/m1/s1. The summed E-state index contributed by atoms with van der Waals surface area (Å²) in [6, 6.07) is 1.30. The van der Waals surface area contributed by atoms with Crippen LogP contribution >= 0.6 is 22.4 Å². The summed E-state index contributed by atoms with van der Waals surface area (Å²) in [7, 11) is -9.71. The maximum Gasteiger partial charge on any atom is 0.488 e. The maximum atomic E-state index is 12.0. The summed E-state index contributed by atoms with van der Waals surface area (Å²) in [4.78, 5) is 51.7. The Balaban J connectivity index is 2.09. The molecular formula is C10H18N3O13P3S. The van der Waals surface area contributed by atoms with E-state index >= 15 is 0 Å². The topological polar surface area (TPSA) is 242 Å².